The van der Waals surface area contributed by atoms with E-state index in [2.05, 4.69) is 44.5 Å². The van der Waals surface area contributed by atoms with Gasteiger partial charge in [0.15, 0.2) is 0 Å². The number of piperidine rings is 1. The number of aromatic amines is 1. The highest BCUT2D eigenvalue weighted by atomic mass is 16.1. The lowest BCUT2D eigenvalue weighted by Gasteiger charge is -2.32. The van der Waals surface area contributed by atoms with Crippen LogP contribution in [0.3, 0.4) is 0 Å². The van der Waals surface area contributed by atoms with Crippen molar-refractivity contribution in [1.82, 2.24) is 19.9 Å². The number of benzene rings is 2. The molecule has 0 bridgehead atoms. The molecule has 4 aromatic rings. The van der Waals surface area contributed by atoms with Crippen LogP contribution in [0.5, 0.6) is 0 Å². The van der Waals surface area contributed by atoms with Crippen molar-refractivity contribution in [2.45, 2.75) is 32.2 Å². The van der Waals surface area contributed by atoms with E-state index in [1.54, 1.807) is 6.20 Å². The van der Waals surface area contributed by atoms with Crippen LogP contribution in [0.4, 0.5) is 5.69 Å². The van der Waals surface area contributed by atoms with Gasteiger partial charge in [-0.15, -0.1) is 0 Å². The first kappa shape index (κ1) is 20.4. The van der Waals surface area contributed by atoms with Crippen molar-refractivity contribution in [3.63, 3.8) is 0 Å². The van der Waals surface area contributed by atoms with E-state index in [4.69, 9.17) is 4.98 Å². The minimum Gasteiger partial charge on any atom is -0.361 e. The monoisotopic (exact) mass is 425 g/mol. The molecule has 1 aliphatic heterocycles. The summed E-state index contributed by atoms with van der Waals surface area (Å²) in [6.45, 7) is 4.82. The molecular formula is C26H27N5O. The van der Waals surface area contributed by atoms with Crippen LogP contribution in [0.2, 0.25) is 0 Å². The molecule has 2 aromatic carbocycles. The second-order valence-corrected chi connectivity index (χ2v) is 8.52. The van der Waals surface area contributed by atoms with E-state index in [0.29, 0.717) is 5.56 Å². The van der Waals surface area contributed by atoms with Gasteiger partial charge in [0.2, 0.25) is 0 Å². The van der Waals surface area contributed by atoms with Gasteiger partial charge in [-0.1, -0.05) is 24.3 Å². The standard InChI is InChI=1S/C26H27N5O/c1-18-23(26(32)30-22-7-3-2-4-8-22)15-28-25(29-18)21-6-5-13-31(17-21)16-19-9-10-24-20(14-19)11-12-27-24/h2-4,7-12,14-15,21,27H,5-6,13,16-17H2,1H3,(H,30,32)/t21-/m1/s1. The fraction of sp³-hybridized carbons (Fsp3) is 0.269. The number of anilines is 1. The summed E-state index contributed by atoms with van der Waals surface area (Å²) in [5.74, 6) is 0.944. The van der Waals surface area contributed by atoms with E-state index in [0.717, 1.165) is 49.7 Å². The number of para-hydroxylation sites is 1. The Bertz CT molecular complexity index is 1230. The van der Waals surface area contributed by atoms with Crippen molar-refractivity contribution in [2.75, 3.05) is 18.4 Å². The van der Waals surface area contributed by atoms with Crippen LogP contribution in [-0.4, -0.2) is 38.8 Å². The Labute approximate surface area is 187 Å². The number of hydrogen-bond donors (Lipinski definition) is 2. The average Bonchev–Trinajstić information content (AvgIpc) is 3.28. The zero-order chi connectivity index (χ0) is 21.9. The molecule has 1 aliphatic rings. The van der Waals surface area contributed by atoms with Gasteiger partial charge in [0.25, 0.3) is 5.91 Å². The topological polar surface area (TPSA) is 73.9 Å². The summed E-state index contributed by atoms with van der Waals surface area (Å²) in [5.41, 5.74) is 4.50. The van der Waals surface area contributed by atoms with Gasteiger partial charge in [0.05, 0.1) is 11.3 Å². The Kier molecular flexibility index (Phi) is 5.69. The van der Waals surface area contributed by atoms with E-state index in [-0.39, 0.29) is 11.8 Å². The lowest BCUT2D eigenvalue weighted by Crippen LogP contribution is -2.34. The van der Waals surface area contributed by atoms with E-state index in [9.17, 15) is 4.79 Å². The zero-order valence-electron chi connectivity index (χ0n) is 18.2. The lowest BCUT2D eigenvalue weighted by atomic mass is 9.96. The third kappa shape index (κ3) is 4.41. The van der Waals surface area contributed by atoms with Crippen LogP contribution < -0.4 is 5.32 Å². The maximum absolute atomic E-state index is 12.6. The molecule has 32 heavy (non-hydrogen) atoms. The Morgan fingerprint density at radius 2 is 2.06 bits per heavy atom. The molecule has 0 saturated carbocycles. The number of nitrogens with one attached hydrogen (secondary N) is 2. The predicted molar refractivity (Wildman–Crippen MR) is 127 cm³/mol. The van der Waals surface area contributed by atoms with Gasteiger partial charge < -0.3 is 10.3 Å². The number of hydrogen-bond acceptors (Lipinski definition) is 4. The minimum atomic E-state index is -0.175. The first-order chi connectivity index (χ1) is 15.7. The number of fused-ring (bicyclic) bond motifs is 1. The number of aromatic nitrogens is 3. The number of aryl methyl sites for hydroxylation is 1. The van der Waals surface area contributed by atoms with Crippen molar-refractivity contribution >= 4 is 22.5 Å². The zero-order valence-corrected chi connectivity index (χ0v) is 18.2. The highest BCUT2D eigenvalue weighted by molar-refractivity contribution is 6.04. The van der Waals surface area contributed by atoms with Crippen molar-refractivity contribution in [2.24, 2.45) is 0 Å². The van der Waals surface area contributed by atoms with Crippen LogP contribution in [0, 0.1) is 6.92 Å². The van der Waals surface area contributed by atoms with E-state index in [1.807, 2.05) is 43.5 Å². The normalized spacial score (nSPS) is 16.8. The van der Waals surface area contributed by atoms with E-state index >= 15 is 0 Å². The highest BCUT2D eigenvalue weighted by Gasteiger charge is 2.24. The molecule has 5 rings (SSSR count). The number of rotatable bonds is 5. The Hall–Kier alpha value is -3.51. The molecule has 0 aliphatic carbocycles. The SMILES string of the molecule is Cc1nc([C@@H]2CCCN(Cc3ccc4[nH]ccc4c3)C2)ncc1C(=O)Nc1ccccc1. The molecule has 0 spiro atoms. The van der Waals surface area contributed by atoms with Gasteiger partial charge >= 0.3 is 0 Å². The van der Waals surface area contributed by atoms with Crippen molar-refractivity contribution in [3.05, 3.63) is 89.6 Å². The Morgan fingerprint density at radius 3 is 2.91 bits per heavy atom. The van der Waals surface area contributed by atoms with Crippen LogP contribution >= 0.6 is 0 Å². The van der Waals surface area contributed by atoms with Crippen molar-refractivity contribution in [3.8, 4) is 0 Å². The molecule has 0 radical (unpaired) electrons. The molecule has 0 unspecified atom stereocenters. The third-order valence-electron chi connectivity index (χ3n) is 6.17. The maximum atomic E-state index is 12.6. The average molecular weight is 426 g/mol. The van der Waals surface area contributed by atoms with E-state index < -0.39 is 0 Å². The fourth-order valence-corrected chi connectivity index (χ4v) is 4.49. The number of likely N-dealkylation sites (tertiary alicyclic amines) is 1. The number of carbonyl (C=O) groups excluding carboxylic acids is 1. The van der Waals surface area contributed by atoms with Crippen LogP contribution in [-0.2, 0) is 6.54 Å². The van der Waals surface area contributed by atoms with Gasteiger partial charge in [-0.2, -0.15) is 0 Å². The van der Waals surface area contributed by atoms with E-state index in [1.165, 1.54) is 16.5 Å². The summed E-state index contributed by atoms with van der Waals surface area (Å²) in [6, 6.07) is 18.2. The van der Waals surface area contributed by atoms with Gasteiger partial charge in [-0.25, -0.2) is 9.97 Å². The quantitative estimate of drug-likeness (QED) is 0.477. The first-order valence-corrected chi connectivity index (χ1v) is 11.1. The smallest absolute Gasteiger partial charge is 0.259 e. The molecular weight excluding hydrogens is 398 g/mol. The second kappa shape index (κ2) is 8.93. The number of amides is 1. The largest absolute Gasteiger partial charge is 0.361 e. The summed E-state index contributed by atoms with van der Waals surface area (Å²) in [6.07, 6.45) is 5.85. The Morgan fingerprint density at radius 1 is 1.19 bits per heavy atom. The molecule has 1 saturated heterocycles. The lowest BCUT2D eigenvalue weighted by molar-refractivity contribution is 0.102. The van der Waals surface area contributed by atoms with Gasteiger partial charge in [0.1, 0.15) is 5.82 Å². The van der Waals surface area contributed by atoms with Crippen molar-refractivity contribution < 1.29 is 4.79 Å². The van der Waals surface area contributed by atoms with Crippen molar-refractivity contribution in [1.29, 1.82) is 0 Å². The molecule has 1 fully saturated rings. The highest BCUT2D eigenvalue weighted by Crippen LogP contribution is 2.27. The third-order valence-corrected chi connectivity index (χ3v) is 6.17. The molecule has 3 heterocycles. The first-order valence-electron chi connectivity index (χ1n) is 11.1. The molecule has 1 atom stereocenters. The summed E-state index contributed by atoms with van der Waals surface area (Å²) in [5, 5.41) is 4.16. The summed E-state index contributed by atoms with van der Waals surface area (Å²) in [4.78, 5) is 27.7. The Balaban J connectivity index is 1.26. The minimum absolute atomic E-state index is 0.175. The molecule has 6 heteroatoms. The fourth-order valence-electron chi connectivity index (χ4n) is 4.49. The van der Waals surface area contributed by atoms with Crippen LogP contribution in [0.1, 0.15) is 46.2 Å². The predicted octanol–water partition coefficient (Wildman–Crippen LogP) is 4.90. The van der Waals surface area contributed by atoms with Gasteiger partial charge in [-0.3, -0.25) is 9.69 Å². The summed E-state index contributed by atoms with van der Waals surface area (Å²) >= 11 is 0. The van der Waals surface area contributed by atoms with Gasteiger partial charge in [0, 0.05) is 42.6 Å². The number of nitrogens with zero attached hydrogens (tertiary/aromatic N) is 3. The summed E-state index contributed by atoms with van der Waals surface area (Å²) < 4.78 is 0. The molecule has 162 valence electrons. The number of carbonyl (C=O) groups is 1. The van der Waals surface area contributed by atoms with Gasteiger partial charge in [-0.05, 0) is 67.6 Å². The molecule has 6 nitrogen and oxygen atoms in total. The second-order valence-electron chi connectivity index (χ2n) is 8.52. The molecule has 2 N–H and O–H groups in total. The van der Waals surface area contributed by atoms with Crippen LogP contribution in [0.25, 0.3) is 10.9 Å². The molecule has 1 amide bonds. The van der Waals surface area contributed by atoms with Crippen LogP contribution in [0.15, 0.2) is 67.0 Å². The number of H-pyrrole nitrogens is 1. The maximum Gasteiger partial charge on any atom is 0.259 e. The molecule has 2 aromatic heterocycles. The summed E-state index contributed by atoms with van der Waals surface area (Å²) in [7, 11) is 0.